The number of hydrogen-bond donors (Lipinski definition) is 1. The maximum Gasteiger partial charge on any atom is 0.202 e. The number of aromatic hydroxyl groups is 1. The Labute approximate surface area is 151 Å². The molecule has 0 amide bonds. The lowest BCUT2D eigenvalue weighted by Crippen LogP contribution is -2.09. The number of methoxy groups -OCH3 is 1. The number of ketones is 1. The average molecular weight is 349 g/mol. The molecule has 0 fully saturated rings. The molecule has 3 rings (SSSR count). The number of rotatable bonds is 6. The van der Waals surface area contributed by atoms with Crippen LogP contribution < -0.4 is 4.74 Å². The van der Waals surface area contributed by atoms with Crippen LogP contribution in [0.5, 0.6) is 11.5 Å². The summed E-state index contributed by atoms with van der Waals surface area (Å²) in [5, 5.41) is 14.2. The SMILES string of the molecule is COc1ccc(C=NCC(=O)c2cc(-c3ccccc3)nn2C)cc1O. The third-order valence-electron chi connectivity index (χ3n) is 3.91. The Hall–Kier alpha value is -3.41. The molecular weight excluding hydrogens is 330 g/mol. The molecule has 26 heavy (non-hydrogen) atoms. The zero-order valence-electron chi connectivity index (χ0n) is 14.6. The number of phenols is 1. The van der Waals surface area contributed by atoms with Gasteiger partial charge in [-0.1, -0.05) is 30.3 Å². The fourth-order valence-corrected chi connectivity index (χ4v) is 2.58. The number of nitrogens with zero attached hydrogens (tertiary/aromatic N) is 3. The van der Waals surface area contributed by atoms with E-state index in [0.29, 0.717) is 17.0 Å². The average Bonchev–Trinajstić information content (AvgIpc) is 3.04. The normalized spacial score (nSPS) is 11.0. The highest BCUT2D eigenvalue weighted by molar-refractivity contribution is 5.98. The Morgan fingerprint density at radius 3 is 2.69 bits per heavy atom. The van der Waals surface area contributed by atoms with Crippen molar-refractivity contribution in [3.05, 3.63) is 65.9 Å². The third-order valence-corrected chi connectivity index (χ3v) is 3.91. The number of Topliss-reactive ketones (excluding diaryl/α,β-unsaturated/α-hetero) is 1. The molecule has 0 aliphatic carbocycles. The molecule has 0 aliphatic rings. The van der Waals surface area contributed by atoms with Gasteiger partial charge >= 0.3 is 0 Å². The minimum atomic E-state index is -0.129. The van der Waals surface area contributed by atoms with E-state index in [-0.39, 0.29) is 18.1 Å². The van der Waals surface area contributed by atoms with Gasteiger partial charge in [0.1, 0.15) is 12.2 Å². The molecule has 2 aromatic carbocycles. The number of hydrogen-bond acceptors (Lipinski definition) is 5. The van der Waals surface area contributed by atoms with Gasteiger partial charge in [-0.25, -0.2) is 0 Å². The quantitative estimate of drug-likeness (QED) is 0.548. The van der Waals surface area contributed by atoms with Crippen molar-refractivity contribution < 1.29 is 14.6 Å². The number of benzene rings is 2. The van der Waals surface area contributed by atoms with E-state index in [1.54, 1.807) is 36.1 Å². The Bertz CT molecular complexity index is 946. The van der Waals surface area contributed by atoms with E-state index < -0.39 is 0 Å². The molecule has 0 unspecified atom stereocenters. The molecule has 0 radical (unpaired) electrons. The highest BCUT2D eigenvalue weighted by Gasteiger charge is 2.13. The molecule has 0 spiro atoms. The van der Waals surface area contributed by atoms with Crippen molar-refractivity contribution in [1.29, 1.82) is 0 Å². The molecule has 1 N–H and O–H groups in total. The van der Waals surface area contributed by atoms with Gasteiger partial charge in [0.05, 0.1) is 12.8 Å². The third kappa shape index (κ3) is 3.80. The van der Waals surface area contributed by atoms with Crippen LogP contribution >= 0.6 is 0 Å². The molecular formula is C20H19N3O3. The summed E-state index contributed by atoms with van der Waals surface area (Å²) < 4.78 is 6.56. The lowest BCUT2D eigenvalue weighted by atomic mass is 10.1. The molecule has 6 heteroatoms. The molecule has 0 saturated heterocycles. The summed E-state index contributed by atoms with van der Waals surface area (Å²) >= 11 is 0. The summed E-state index contributed by atoms with van der Waals surface area (Å²) in [4.78, 5) is 16.6. The van der Waals surface area contributed by atoms with E-state index in [1.807, 2.05) is 30.3 Å². The van der Waals surface area contributed by atoms with E-state index in [9.17, 15) is 9.90 Å². The first-order valence-corrected chi connectivity index (χ1v) is 8.08. The number of aryl methyl sites for hydroxylation is 1. The number of aromatic nitrogens is 2. The van der Waals surface area contributed by atoms with Crippen molar-refractivity contribution in [3.8, 4) is 22.8 Å². The predicted octanol–water partition coefficient (Wildman–Crippen LogP) is 3.10. The van der Waals surface area contributed by atoms with Crippen LogP contribution in [-0.4, -0.2) is 40.5 Å². The smallest absolute Gasteiger partial charge is 0.202 e. The van der Waals surface area contributed by atoms with Crippen LogP contribution in [0, 0.1) is 0 Å². The van der Waals surface area contributed by atoms with E-state index in [1.165, 1.54) is 13.2 Å². The van der Waals surface area contributed by atoms with E-state index >= 15 is 0 Å². The van der Waals surface area contributed by atoms with Crippen LogP contribution in [0.15, 0.2) is 59.6 Å². The summed E-state index contributed by atoms with van der Waals surface area (Å²) in [5.41, 5.74) is 2.89. The summed E-state index contributed by atoms with van der Waals surface area (Å²) in [6.07, 6.45) is 1.55. The van der Waals surface area contributed by atoms with Crippen LogP contribution in [0.25, 0.3) is 11.3 Å². The second-order valence-corrected chi connectivity index (χ2v) is 5.73. The van der Waals surface area contributed by atoms with Gasteiger partial charge in [-0.3, -0.25) is 14.5 Å². The van der Waals surface area contributed by atoms with Gasteiger partial charge in [-0.15, -0.1) is 0 Å². The van der Waals surface area contributed by atoms with Gasteiger partial charge in [0.2, 0.25) is 5.78 Å². The Balaban J connectivity index is 1.70. The van der Waals surface area contributed by atoms with Crippen molar-refractivity contribution in [2.24, 2.45) is 12.0 Å². The van der Waals surface area contributed by atoms with Gasteiger partial charge in [0, 0.05) is 18.8 Å². The van der Waals surface area contributed by atoms with Gasteiger partial charge in [0.25, 0.3) is 0 Å². The molecule has 1 aromatic heterocycles. The minimum Gasteiger partial charge on any atom is -0.504 e. The molecule has 0 bridgehead atoms. The number of carbonyl (C=O) groups excluding carboxylic acids is 1. The first kappa shape index (κ1) is 17.4. The molecule has 0 atom stereocenters. The van der Waals surface area contributed by atoms with Crippen molar-refractivity contribution in [1.82, 2.24) is 9.78 Å². The number of aliphatic imine (C=N–C) groups is 1. The van der Waals surface area contributed by atoms with Crippen molar-refractivity contribution in [2.75, 3.05) is 13.7 Å². The first-order chi connectivity index (χ1) is 12.6. The Morgan fingerprint density at radius 2 is 2.00 bits per heavy atom. The largest absolute Gasteiger partial charge is 0.504 e. The highest BCUT2D eigenvalue weighted by atomic mass is 16.5. The number of ether oxygens (including phenoxy) is 1. The van der Waals surface area contributed by atoms with Crippen molar-refractivity contribution in [3.63, 3.8) is 0 Å². The molecule has 6 nitrogen and oxygen atoms in total. The lowest BCUT2D eigenvalue weighted by Gasteiger charge is -2.03. The second kappa shape index (κ2) is 7.65. The van der Waals surface area contributed by atoms with Crippen molar-refractivity contribution >= 4 is 12.0 Å². The molecule has 3 aromatic rings. The summed E-state index contributed by atoms with van der Waals surface area (Å²) in [6.45, 7) is 0.000550. The summed E-state index contributed by atoms with van der Waals surface area (Å²) in [5.74, 6) is 0.291. The minimum absolute atomic E-state index is 0.000550. The summed E-state index contributed by atoms with van der Waals surface area (Å²) in [7, 11) is 3.23. The van der Waals surface area contributed by atoms with Gasteiger partial charge in [-0.05, 0) is 29.8 Å². The molecule has 0 aliphatic heterocycles. The molecule has 0 saturated carbocycles. The van der Waals surface area contributed by atoms with E-state index in [2.05, 4.69) is 10.1 Å². The van der Waals surface area contributed by atoms with Crippen LogP contribution in [0.3, 0.4) is 0 Å². The molecule has 132 valence electrons. The highest BCUT2D eigenvalue weighted by Crippen LogP contribution is 2.25. The van der Waals surface area contributed by atoms with Crippen LogP contribution in [0.4, 0.5) is 0 Å². The van der Waals surface area contributed by atoms with E-state index in [0.717, 1.165) is 11.3 Å². The van der Waals surface area contributed by atoms with Gasteiger partial charge in [-0.2, -0.15) is 5.10 Å². The zero-order chi connectivity index (χ0) is 18.5. The van der Waals surface area contributed by atoms with Crippen LogP contribution in [0.1, 0.15) is 16.1 Å². The number of carbonyl (C=O) groups is 1. The van der Waals surface area contributed by atoms with Crippen molar-refractivity contribution in [2.45, 2.75) is 0 Å². The maximum absolute atomic E-state index is 12.4. The van der Waals surface area contributed by atoms with Crippen LogP contribution in [0.2, 0.25) is 0 Å². The Morgan fingerprint density at radius 1 is 1.23 bits per heavy atom. The fraction of sp³-hybridized carbons (Fsp3) is 0.150. The fourth-order valence-electron chi connectivity index (χ4n) is 2.58. The van der Waals surface area contributed by atoms with Gasteiger partial charge in [0.15, 0.2) is 11.5 Å². The molecule has 1 heterocycles. The topological polar surface area (TPSA) is 76.7 Å². The maximum atomic E-state index is 12.4. The van der Waals surface area contributed by atoms with Crippen LogP contribution in [-0.2, 0) is 7.05 Å². The first-order valence-electron chi connectivity index (χ1n) is 8.08. The second-order valence-electron chi connectivity index (χ2n) is 5.73. The van der Waals surface area contributed by atoms with Gasteiger partial charge < -0.3 is 9.84 Å². The monoisotopic (exact) mass is 349 g/mol. The predicted molar refractivity (Wildman–Crippen MR) is 100 cm³/mol. The lowest BCUT2D eigenvalue weighted by molar-refractivity contribution is 0.0993. The standard InChI is InChI=1S/C20H19N3O3/c1-23-17(11-16(22-23)15-6-4-3-5-7-15)19(25)13-21-12-14-8-9-20(26-2)18(24)10-14/h3-12,24H,13H2,1-2H3. The number of phenolic OH excluding ortho intramolecular Hbond substituents is 1. The Kier molecular flexibility index (Phi) is 5.12. The summed E-state index contributed by atoms with van der Waals surface area (Å²) in [6, 6.07) is 16.4. The zero-order valence-corrected chi connectivity index (χ0v) is 14.6. The van der Waals surface area contributed by atoms with E-state index in [4.69, 9.17) is 4.74 Å².